The van der Waals surface area contributed by atoms with Crippen molar-refractivity contribution in [3.63, 3.8) is 0 Å². The molecule has 0 aliphatic rings. The second-order valence-corrected chi connectivity index (χ2v) is 9.35. The summed E-state index contributed by atoms with van der Waals surface area (Å²) in [6.07, 6.45) is -3.75. The van der Waals surface area contributed by atoms with Crippen molar-refractivity contribution in [2.75, 3.05) is 18.1 Å². The van der Waals surface area contributed by atoms with Gasteiger partial charge in [-0.2, -0.15) is 17.5 Å². The fourth-order valence-electron chi connectivity index (χ4n) is 2.12. The average molecular weight is 448 g/mol. The molecule has 0 saturated heterocycles. The van der Waals surface area contributed by atoms with Crippen LogP contribution in [0.2, 0.25) is 0 Å². The number of carbonyl (C=O) groups is 1. The van der Waals surface area contributed by atoms with Crippen molar-refractivity contribution in [2.24, 2.45) is 0 Å². The SMILES string of the molecule is CC(C)N(C)S(=O)(=O)c1ccc(NC(=O)CSc2ccc(C(F)(F)F)cn2)cc1. The van der Waals surface area contributed by atoms with Crippen LogP contribution in [0, 0.1) is 0 Å². The van der Waals surface area contributed by atoms with Crippen molar-refractivity contribution < 1.29 is 26.4 Å². The second kappa shape index (κ2) is 9.14. The first-order valence-electron chi connectivity index (χ1n) is 8.45. The van der Waals surface area contributed by atoms with Crippen LogP contribution in [0.4, 0.5) is 18.9 Å². The summed E-state index contributed by atoms with van der Waals surface area (Å²) < 4.78 is 63.6. The van der Waals surface area contributed by atoms with Crippen LogP contribution >= 0.6 is 11.8 Å². The number of halogens is 3. The van der Waals surface area contributed by atoms with Gasteiger partial charge in [-0.15, -0.1) is 0 Å². The van der Waals surface area contributed by atoms with Gasteiger partial charge in [0.2, 0.25) is 15.9 Å². The Bertz CT molecular complexity index is 945. The Labute approximate surface area is 171 Å². The molecule has 2 aromatic rings. The highest BCUT2D eigenvalue weighted by Gasteiger charge is 2.30. The van der Waals surface area contributed by atoms with E-state index in [2.05, 4.69) is 10.3 Å². The van der Waals surface area contributed by atoms with E-state index in [9.17, 15) is 26.4 Å². The lowest BCUT2D eigenvalue weighted by atomic mass is 10.3. The number of rotatable bonds is 7. The monoisotopic (exact) mass is 447 g/mol. The Kier molecular flexibility index (Phi) is 7.30. The highest BCUT2D eigenvalue weighted by atomic mass is 32.2. The van der Waals surface area contributed by atoms with Crippen molar-refractivity contribution in [1.82, 2.24) is 9.29 Å². The molecule has 2 rings (SSSR count). The highest BCUT2D eigenvalue weighted by molar-refractivity contribution is 7.99. The first-order valence-corrected chi connectivity index (χ1v) is 10.9. The minimum atomic E-state index is -4.46. The number of alkyl halides is 3. The number of anilines is 1. The molecule has 1 aromatic carbocycles. The summed E-state index contributed by atoms with van der Waals surface area (Å²) in [5.74, 6) is -0.458. The third-order valence-electron chi connectivity index (χ3n) is 3.96. The normalized spacial score (nSPS) is 12.4. The van der Waals surface area contributed by atoms with E-state index in [0.29, 0.717) is 11.9 Å². The van der Waals surface area contributed by atoms with Crippen LogP contribution in [0.5, 0.6) is 0 Å². The number of aromatic nitrogens is 1. The standard InChI is InChI=1S/C18H20F3N3O3S2/c1-12(2)24(3)29(26,27)15-7-5-14(6-8-15)23-16(25)11-28-17-9-4-13(10-22-17)18(19,20)21/h4-10,12H,11H2,1-3H3,(H,23,25). The van der Waals surface area contributed by atoms with Gasteiger partial charge in [-0.1, -0.05) is 11.8 Å². The third-order valence-corrected chi connectivity index (χ3v) is 6.95. The highest BCUT2D eigenvalue weighted by Crippen LogP contribution is 2.29. The molecule has 1 N–H and O–H groups in total. The summed E-state index contributed by atoms with van der Waals surface area (Å²) in [6, 6.07) is 7.64. The van der Waals surface area contributed by atoms with E-state index in [0.717, 1.165) is 17.8 Å². The molecule has 0 aliphatic heterocycles. The number of carbonyl (C=O) groups excluding carboxylic acids is 1. The van der Waals surface area contributed by atoms with Crippen LogP contribution in [0.15, 0.2) is 52.5 Å². The number of pyridine rings is 1. The molecule has 1 amide bonds. The number of amides is 1. The molecule has 158 valence electrons. The summed E-state index contributed by atoms with van der Waals surface area (Å²) in [7, 11) is -2.13. The summed E-state index contributed by atoms with van der Waals surface area (Å²) in [5, 5.41) is 2.89. The first kappa shape index (κ1) is 23.2. The fourth-order valence-corrected chi connectivity index (χ4v) is 4.13. The Hall–Kier alpha value is -2.11. The molecule has 0 radical (unpaired) electrons. The Balaban J connectivity index is 1.94. The molecule has 0 aliphatic carbocycles. The molecule has 0 atom stereocenters. The number of nitrogens with one attached hydrogen (secondary N) is 1. The van der Waals surface area contributed by atoms with Crippen molar-refractivity contribution >= 4 is 33.4 Å². The van der Waals surface area contributed by atoms with Gasteiger partial charge in [0.25, 0.3) is 0 Å². The molecular weight excluding hydrogens is 427 g/mol. The van der Waals surface area contributed by atoms with Crippen molar-refractivity contribution in [3.05, 3.63) is 48.2 Å². The maximum atomic E-state index is 12.5. The lowest BCUT2D eigenvalue weighted by Crippen LogP contribution is -2.33. The van der Waals surface area contributed by atoms with Gasteiger partial charge in [-0.05, 0) is 50.2 Å². The minimum absolute atomic E-state index is 0.0610. The lowest BCUT2D eigenvalue weighted by molar-refractivity contribution is -0.137. The Morgan fingerprint density at radius 1 is 1.17 bits per heavy atom. The number of sulfonamides is 1. The van der Waals surface area contributed by atoms with Gasteiger partial charge in [-0.25, -0.2) is 13.4 Å². The zero-order valence-corrected chi connectivity index (χ0v) is 17.5. The Morgan fingerprint density at radius 3 is 2.28 bits per heavy atom. The van der Waals surface area contributed by atoms with Crippen molar-refractivity contribution in [3.8, 4) is 0 Å². The van der Waals surface area contributed by atoms with E-state index in [4.69, 9.17) is 0 Å². The van der Waals surface area contributed by atoms with Gasteiger partial charge >= 0.3 is 6.18 Å². The number of thioether (sulfide) groups is 1. The van der Waals surface area contributed by atoms with Crippen LogP contribution in [0.3, 0.4) is 0 Å². The van der Waals surface area contributed by atoms with E-state index in [-0.39, 0.29) is 21.7 Å². The largest absolute Gasteiger partial charge is 0.417 e. The molecule has 0 spiro atoms. The quantitative estimate of drug-likeness (QED) is 0.652. The molecule has 6 nitrogen and oxygen atoms in total. The van der Waals surface area contributed by atoms with Crippen LogP contribution in [0.25, 0.3) is 0 Å². The van der Waals surface area contributed by atoms with Crippen LogP contribution in [0.1, 0.15) is 19.4 Å². The molecule has 0 saturated carbocycles. The molecule has 1 heterocycles. The summed E-state index contributed by atoms with van der Waals surface area (Å²) in [6.45, 7) is 3.52. The van der Waals surface area contributed by atoms with Gasteiger partial charge in [0.15, 0.2) is 0 Å². The predicted molar refractivity (Wildman–Crippen MR) is 105 cm³/mol. The number of nitrogens with zero attached hydrogens (tertiary/aromatic N) is 2. The van der Waals surface area contributed by atoms with E-state index in [1.54, 1.807) is 13.8 Å². The zero-order chi connectivity index (χ0) is 21.8. The minimum Gasteiger partial charge on any atom is -0.325 e. The summed E-state index contributed by atoms with van der Waals surface area (Å²) in [4.78, 5) is 15.8. The van der Waals surface area contributed by atoms with Gasteiger partial charge in [0, 0.05) is 25.0 Å². The molecule has 1 aromatic heterocycles. The molecule has 0 fully saturated rings. The smallest absolute Gasteiger partial charge is 0.325 e. The molecular formula is C18H20F3N3O3S2. The average Bonchev–Trinajstić information content (AvgIpc) is 2.65. The molecule has 11 heteroatoms. The topological polar surface area (TPSA) is 79.4 Å². The molecule has 0 bridgehead atoms. The van der Waals surface area contributed by atoms with E-state index >= 15 is 0 Å². The first-order chi connectivity index (χ1) is 13.4. The third kappa shape index (κ3) is 6.18. The van der Waals surface area contributed by atoms with E-state index < -0.39 is 27.7 Å². The van der Waals surface area contributed by atoms with Gasteiger partial charge < -0.3 is 5.32 Å². The summed E-state index contributed by atoms with van der Waals surface area (Å²) >= 11 is 0.989. The van der Waals surface area contributed by atoms with Crippen molar-refractivity contribution in [2.45, 2.75) is 36.0 Å². The van der Waals surface area contributed by atoms with Gasteiger partial charge in [0.05, 0.1) is 21.2 Å². The van der Waals surface area contributed by atoms with Gasteiger partial charge in [0.1, 0.15) is 0 Å². The Morgan fingerprint density at radius 2 is 1.79 bits per heavy atom. The summed E-state index contributed by atoms with van der Waals surface area (Å²) in [5.41, 5.74) is -0.452. The molecule has 0 unspecified atom stereocenters. The maximum Gasteiger partial charge on any atom is 0.417 e. The fraction of sp³-hybridized carbons (Fsp3) is 0.333. The van der Waals surface area contributed by atoms with E-state index in [1.165, 1.54) is 41.7 Å². The van der Waals surface area contributed by atoms with Gasteiger partial charge in [-0.3, -0.25) is 4.79 Å². The number of hydrogen-bond acceptors (Lipinski definition) is 5. The maximum absolute atomic E-state index is 12.5. The predicted octanol–water partition coefficient (Wildman–Crippen LogP) is 3.86. The number of benzene rings is 1. The number of hydrogen-bond donors (Lipinski definition) is 1. The second-order valence-electron chi connectivity index (χ2n) is 6.36. The van der Waals surface area contributed by atoms with Crippen LogP contribution < -0.4 is 5.32 Å². The van der Waals surface area contributed by atoms with E-state index in [1.807, 2.05) is 0 Å². The zero-order valence-electron chi connectivity index (χ0n) is 15.9. The lowest BCUT2D eigenvalue weighted by Gasteiger charge is -2.21. The van der Waals surface area contributed by atoms with Crippen molar-refractivity contribution in [1.29, 1.82) is 0 Å². The van der Waals surface area contributed by atoms with Crippen LogP contribution in [-0.2, 0) is 21.0 Å². The van der Waals surface area contributed by atoms with Crippen LogP contribution in [-0.4, -0.2) is 42.5 Å². The molecule has 29 heavy (non-hydrogen) atoms.